The number of unbranched alkanes of at least 4 members (excludes halogenated alkanes) is 6. The van der Waals surface area contributed by atoms with E-state index in [1.807, 2.05) is 0 Å². The van der Waals surface area contributed by atoms with Gasteiger partial charge in [-0.15, -0.1) is 0 Å². The van der Waals surface area contributed by atoms with Gasteiger partial charge in [0.05, 0.1) is 66.7 Å². The van der Waals surface area contributed by atoms with Crippen molar-refractivity contribution in [3.8, 4) is 0 Å². The highest BCUT2D eigenvalue weighted by Crippen LogP contribution is 2.37. The Balaban J connectivity index is 1.51. The first-order chi connectivity index (χ1) is 65.7. The summed E-state index contributed by atoms with van der Waals surface area (Å²) in [5, 5.41) is 37.8. The summed E-state index contributed by atoms with van der Waals surface area (Å²) >= 11 is 0. The number of carbonyl (C=O) groups excluding carboxylic acids is 20. The lowest BCUT2D eigenvalue weighted by atomic mass is 9.77. The van der Waals surface area contributed by atoms with E-state index in [-0.39, 0.29) is 38.6 Å². The normalized spacial score (nSPS) is 19.7. The maximum Gasteiger partial charge on any atom is 0.407 e. The van der Waals surface area contributed by atoms with E-state index < -0.39 is 266 Å². The van der Waals surface area contributed by atoms with Crippen molar-refractivity contribution < 1.29 is 124 Å². The van der Waals surface area contributed by atoms with Crippen LogP contribution in [0.2, 0.25) is 0 Å². The van der Waals surface area contributed by atoms with Crippen LogP contribution in [0, 0.1) is 5.92 Å². The lowest BCUT2D eigenvalue weighted by molar-refractivity contribution is -0.157. The molecule has 5 aromatic rings. The summed E-state index contributed by atoms with van der Waals surface area (Å²) in [6.45, 7) is 10.3. The summed E-state index contributed by atoms with van der Waals surface area (Å²) in [7, 11) is 3.97. The number of benzene rings is 4. The summed E-state index contributed by atoms with van der Waals surface area (Å²) in [6.07, 6.45) is -0.719. The number of cyclic esters (lactones) is 1. The van der Waals surface area contributed by atoms with Gasteiger partial charge in [-0.1, -0.05) is 175 Å². The fourth-order valence-corrected chi connectivity index (χ4v) is 14.8. The van der Waals surface area contributed by atoms with Gasteiger partial charge in [0.2, 0.25) is 82.7 Å². The number of nitrogens with one attached hydrogen (secondary N) is 16. The summed E-state index contributed by atoms with van der Waals surface area (Å²) in [5.41, 5.74) is 0.290. The van der Waals surface area contributed by atoms with Crippen molar-refractivity contribution in [2.75, 3.05) is 54.7 Å². The molecule has 15 amide bonds. The summed E-state index contributed by atoms with van der Waals surface area (Å²) < 4.78 is 31.2. The Bertz CT molecular complexity index is 4920. The van der Waals surface area contributed by atoms with E-state index in [4.69, 9.17) is 28.4 Å². The highest BCUT2D eigenvalue weighted by molar-refractivity contribution is 6.02. The predicted molar refractivity (Wildman–Crippen MR) is 500 cm³/mol. The molecular formula is C96H132N16O26. The Labute approximate surface area is 800 Å². The van der Waals surface area contributed by atoms with Crippen molar-refractivity contribution >= 4 is 129 Å². The maximum atomic E-state index is 15.9. The molecule has 1 saturated heterocycles. The number of ether oxygens (including phenoxy) is 6. The van der Waals surface area contributed by atoms with Crippen LogP contribution in [0.1, 0.15) is 194 Å². The largest absolute Gasteiger partial charge is 0.469 e. The minimum atomic E-state index is -2.30. The number of Topliss-reactive ketones (excluding diaryl/α,β-unsaturated/α-hetero) is 1. The average molecular weight is 1930 g/mol. The molecule has 13 unspecified atom stereocenters. The second-order valence-electron chi connectivity index (χ2n) is 34.5. The molecule has 1 aliphatic heterocycles. The van der Waals surface area contributed by atoms with Gasteiger partial charge in [0.15, 0.2) is 0 Å². The van der Waals surface area contributed by atoms with E-state index in [0.717, 1.165) is 74.4 Å². The molecule has 0 bridgehead atoms. The minimum absolute atomic E-state index is 0.00520. The molecule has 1 fully saturated rings. The maximum absolute atomic E-state index is 15.9. The van der Waals surface area contributed by atoms with Gasteiger partial charge >= 0.3 is 30.0 Å². The smallest absolute Gasteiger partial charge is 0.407 e. The summed E-state index contributed by atoms with van der Waals surface area (Å²) in [4.78, 5) is 290. The molecule has 752 valence electrons. The minimum Gasteiger partial charge on any atom is -0.469 e. The topological polar surface area (TPSA) is 593 Å². The lowest BCUT2D eigenvalue weighted by Crippen LogP contribution is -2.62. The number of ketones is 1. The van der Waals surface area contributed by atoms with Crippen LogP contribution < -0.4 is 79.8 Å². The number of H-pyrrole nitrogens is 1. The van der Waals surface area contributed by atoms with Gasteiger partial charge in [0.1, 0.15) is 89.5 Å². The second kappa shape index (κ2) is 57.0. The number of para-hydroxylation sites is 1. The molecule has 0 aliphatic carbocycles. The number of hydrogen-bond donors (Lipinski definition) is 16. The SMILES string of the molecule is CCCCCCCCCC(=O)NC(Cc1c[nH]c2ccccc12)C(=O)NC(CC(=O)NC(c1ccccc1)(c1ccccc1)c1ccccc1)C(=O)NC(CC(=O)OC)C(=O)NC1C(=O)NCC(=O)NC(CCCNC(=O)OC(C)(C)C)C(=O)NC(CC(=O)OC)C(=O)NC(C)C(=O)NC(CC(=O)OC)C(=O)NCC(=O)NC(COC)C(=O)NC(CCC(C)=O)C(=O)NC(C(C)CC)C(=O)OC1C. The number of rotatable bonds is 40. The standard InChI is InChI=1S/C96H132N16O26/c1-14-16-17-18-19-20-30-43-74(114)103-68(47-60-52-98-65-41-32-31-40-64(60)65)88(126)107-69(48-75(115)112-96(61-34-24-21-25-35-61,62-36-26-22-27-37-62)63-38-28-23-29-39-63)89(127)109-72(51-80(120)136-13)90(128)111-82-59(6)137-93(131)81(56(3)15-2)110-86(124)67(45-44-57(4)113)105-91(129)73(55-133-10)104-77(117)53-99-84(122)70(49-78(118)134-11)106-83(121)58(5)101-87(125)71(50-79(119)135-12)108-85(123)66(102-76(116)54-100-92(82)130)42-33-46-97-94(132)138-95(7,8)9/h21-29,31-32,34-41,52,56,58-59,66-73,81-82,98H,14-20,30,33,42-51,53-55H2,1-13H3,(H,97,132)(H,99,122)(H,100,130)(H,101,125)(H,102,116)(H,103,114)(H,104,117)(H,105,129)(H,106,121)(H,107,126)(H,108,123)(H,109,127)(H,110,124)(H,111,128)(H,112,115). The van der Waals surface area contributed by atoms with Gasteiger partial charge in [0, 0.05) is 50.0 Å². The van der Waals surface area contributed by atoms with Gasteiger partial charge in [-0.2, -0.15) is 0 Å². The quantitative estimate of drug-likeness (QED) is 0.0115. The average Bonchev–Trinajstić information content (AvgIpc) is 0.838. The number of fused-ring (bicyclic) bond motifs is 1. The zero-order valence-corrected chi connectivity index (χ0v) is 80.2. The fraction of sp³-hybridized carbons (Fsp3) is 0.521. The first-order valence-corrected chi connectivity index (χ1v) is 45.9. The van der Waals surface area contributed by atoms with E-state index in [2.05, 4.69) is 91.7 Å². The van der Waals surface area contributed by atoms with Crippen molar-refractivity contribution in [3.63, 3.8) is 0 Å². The van der Waals surface area contributed by atoms with Crippen LogP contribution in [0.3, 0.4) is 0 Å². The first kappa shape index (κ1) is 113. The summed E-state index contributed by atoms with van der Waals surface area (Å²) in [5.74, 6) is -22.3. The van der Waals surface area contributed by atoms with Crippen LogP contribution in [0.25, 0.3) is 10.9 Å². The van der Waals surface area contributed by atoms with Gasteiger partial charge in [-0.05, 0) is 101 Å². The summed E-state index contributed by atoms with van der Waals surface area (Å²) in [6, 6.07) is 12.9. The van der Waals surface area contributed by atoms with E-state index in [9.17, 15) is 67.1 Å². The number of aromatic amines is 1. The monoisotopic (exact) mass is 1920 g/mol. The number of methoxy groups -OCH3 is 4. The Hall–Kier alpha value is -14.2. The number of hydrogen-bond acceptors (Lipinski definition) is 26. The van der Waals surface area contributed by atoms with Crippen molar-refractivity contribution in [2.24, 2.45) is 5.92 Å². The predicted octanol–water partition coefficient (Wildman–Crippen LogP) is 1.94. The van der Waals surface area contributed by atoms with E-state index >= 15 is 28.8 Å². The molecular weight excluding hydrogens is 1790 g/mol. The van der Waals surface area contributed by atoms with Gasteiger partial charge < -0.3 is 118 Å². The van der Waals surface area contributed by atoms with Gasteiger partial charge in [-0.25, -0.2) is 9.59 Å². The molecule has 13 atom stereocenters. The molecule has 16 N–H and O–H groups in total. The highest BCUT2D eigenvalue weighted by atomic mass is 16.6. The van der Waals surface area contributed by atoms with Crippen molar-refractivity contribution in [2.45, 2.75) is 262 Å². The Morgan fingerprint density at radius 3 is 1.54 bits per heavy atom. The number of aromatic nitrogens is 1. The van der Waals surface area contributed by atoms with Crippen LogP contribution in [-0.2, 0) is 131 Å². The van der Waals surface area contributed by atoms with Crippen LogP contribution in [-0.4, -0.2) is 256 Å². The van der Waals surface area contributed by atoms with Gasteiger partial charge in [-0.3, -0.25) is 81.5 Å². The molecule has 42 heteroatoms. The number of alkyl carbamates (subject to hydrolysis) is 1. The number of esters is 4. The van der Waals surface area contributed by atoms with Crippen LogP contribution in [0.4, 0.5) is 4.79 Å². The molecule has 6 rings (SSSR count). The Morgan fingerprint density at radius 1 is 0.493 bits per heavy atom. The Kier molecular flexibility index (Phi) is 46.4. The first-order valence-electron chi connectivity index (χ1n) is 45.9. The van der Waals surface area contributed by atoms with E-state index in [1.165, 1.54) is 13.8 Å². The number of carbonyl (C=O) groups is 20. The zero-order chi connectivity index (χ0) is 102. The molecule has 2 heterocycles. The van der Waals surface area contributed by atoms with Crippen molar-refractivity contribution in [1.29, 1.82) is 0 Å². The molecule has 1 aliphatic rings. The Morgan fingerprint density at radius 2 is 0.986 bits per heavy atom. The molecule has 138 heavy (non-hydrogen) atoms. The van der Waals surface area contributed by atoms with Crippen LogP contribution >= 0.6 is 0 Å². The molecule has 0 saturated carbocycles. The van der Waals surface area contributed by atoms with Gasteiger partial charge in [0.25, 0.3) is 0 Å². The van der Waals surface area contributed by atoms with Crippen molar-refractivity contribution in [3.05, 3.63) is 144 Å². The fourth-order valence-electron chi connectivity index (χ4n) is 14.8. The number of amides is 15. The molecule has 0 spiro atoms. The molecule has 1 aromatic heterocycles. The third-order valence-corrected chi connectivity index (χ3v) is 22.5. The van der Waals surface area contributed by atoms with Crippen LogP contribution in [0.15, 0.2) is 121 Å². The third-order valence-electron chi connectivity index (χ3n) is 22.5. The van der Waals surface area contributed by atoms with Crippen molar-refractivity contribution in [1.82, 2.24) is 84.7 Å². The molecule has 4 aromatic carbocycles. The van der Waals surface area contributed by atoms with E-state index in [0.29, 0.717) is 46.0 Å². The van der Waals surface area contributed by atoms with Crippen LogP contribution in [0.5, 0.6) is 0 Å². The lowest BCUT2D eigenvalue weighted by Gasteiger charge is -2.37. The molecule has 42 nitrogen and oxygen atoms in total. The third kappa shape index (κ3) is 36.8. The molecule has 0 radical (unpaired) electrons. The zero-order valence-electron chi connectivity index (χ0n) is 80.2. The second-order valence-corrected chi connectivity index (χ2v) is 34.5. The highest BCUT2D eigenvalue weighted by Gasteiger charge is 2.44. The van der Waals surface area contributed by atoms with E-state index in [1.54, 1.807) is 149 Å².